The highest BCUT2D eigenvalue weighted by Gasteiger charge is 2.57. The van der Waals surface area contributed by atoms with Gasteiger partial charge in [-0.3, -0.25) is 4.79 Å². The van der Waals surface area contributed by atoms with E-state index in [1.165, 1.54) is 0 Å². The maximum atomic E-state index is 12.0. The molecule has 0 aromatic rings. The molecule has 0 heterocycles. The fraction of sp³-hybridized carbons (Fsp3) is 0.875. The van der Waals surface area contributed by atoms with Crippen molar-refractivity contribution in [2.75, 3.05) is 13.7 Å². The molecule has 1 unspecified atom stereocenters. The molecule has 0 rings (SSSR count). The monoisotopic (exact) mass is 283 g/mol. The molecule has 0 aromatic carbocycles. The third-order valence-electron chi connectivity index (χ3n) is 1.81. The first-order valence-electron chi connectivity index (χ1n) is 4.58. The van der Waals surface area contributed by atoms with Crippen LogP contribution >= 0.6 is 0 Å². The van der Waals surface area contributed by atoms with Crippen molar-refractivity contribution in [2.24, 2.45) is 5.73 Å². The third-order valence-corrected chi connectivity index (χ3v) is 1.81. The largest absolute Gasteiger partial charge is 0.468 e. The third kappa shape index (κ3) is 5.54. The normalized spacial score (nSPS) is 14.7. The Kier molecular flexibility index (Phi) is 5.87. The van der Waals surface area contributed by atoms with Crippen molar-refractivity contribution in [3.05, 3.63) is 0 Å². The van der Waals surface area contributed by atoms with Gasteiger partial charge in [-0.1, -0.05) is 0 Å². The average Bonchev–Trinajstić information content (AvgIpc) is 2.19. The van der Waals surface area contributed by atoms with E-state index >= 15 is 0 Å². The van der Waals surface area contributed by atoms with Gasteiger partial charge in [0.15, 0.2) is 0 Å². The number of alkyl halides is 6. The van der Waals surface area contributed by atoms with E-state index in [2.05, 4.69) is 9.47 Å². The molecule has 0 spiro atoms. The highest BCUT2D eigenvalue weighted by Crippen LogP contribution is 2.35. The zero-order chi connectivity index (χ0) is 14.6. The minimum absolute atomic E-state index is 0.519. The molecule has 0 saturated carbocycles. The van der Waals surface area contributed by atoms with Gasteiger partial charge in [-0.15, -0.1) is 0 Å². The number of nitrogens with two attached hydrogens (primary N) is 1. The van der Waals surface area contributed by atoms with Crippen molar-refractivity contribution in [3.8, 4) is 0 Å². The highest BCUT2D eigenvalue weighted by atomic mass is 19.4. The van der Waals surface area contributed by atoms with Crippen molar-refractivity contribution in [1.29, 1.82) is 0 Å². The SMILES string of the molecule is COC(=O)C(N)CCOC(C(F)(F)F)C(F)(F)F. The minimum Gasteiger partial charge on any atom is -0.468 e. The smallest absolute Gasteiger partial charge is 0.423 e. The van der Waals surface area contributed by atoms with E-state index in [0.29, 0.717) is 0 Å². The van der Waals surface area contributed by atoms with Gasteiger partial charge in [-0.05, 0) is 6.42 Å². The van der Waals surface area contributed by atoms with Gasteiger partial charge < -0.3 is 15.2 Å². The molecule has 0 aromatic heterocycles. The van der Waals surface area contributed by atoms with E-state index in [9.17, 15) is 31.1 Å². The number of methoxy groups -OCH3 is 1. The molecule has 0 radical (unpaired) electrons. The zero-order valence-corrected chi connectivity index (χ0v) is 9.14. The Bertz CT molecular complexity index is 263. The van der Waals surface area contributed by atoms with Crippen LogP contribution in [0.25, 0.3) is 0 Å². The van der Waals surface area contributed by atoms with Crippen molar-refractivity contribution in [2.45, 2.75) is 30.9 Å². The Balaban J connectivity index is 4.35. The van der Waals surface area contributed by atoms with Gasteiger partial charge in [0, 0.05) is 6.61 Å². The Hall–Kier alpha value is -1.03. The number of esters is 1. The van der Waals surface area contributed by atoms with Crippen LogP contribution in [0.1, 0.15) is 6.42 Å². The molecule has 0 saturated heterocycles. The van der Waals surface area contributed by atoms with Gasteiger partial charge in [-0.25, -0.2) is 0 Å². The summed E-state index contributed by atoms with van der Waals surface area (Å²) < 4.78 is 79.8. The standard InChI is InChI=1S/C8H11F6NO3/c1-17-5(16)4(15)2-3-18-6(7(9,10)11)8(12,13)14/h4,6H,2-3,15H2,1H3. The van der Waals surface area contributed by atoms with E-state index in [0.717, 1.165) is 7.11 Å². The second-order valence-corrected chi connectivity index (χ2v) is 3.25. The predicted octanol–water partition coefficient (Wildman–Crippen LogP) is 1.39. The first kappa shape index (κ1) is 17.0. The number of halogens is 6. The van der Waals surface area contributed by atoms with Crippen LogP contribution in [0.2, 0.25) is 0 Å². The van der Waals surface area contributed by atoms with Crippen molar-refractivity contribution >= 4 is 5.97 Å². The molecule has 0 aliphatic rings. The maximum absolute atomic E-state index is 12.0. The summed E-state index contributed by atoms with van der Waals surface area (Å²) in [6.45, 7) is -0.972. The first-order valence-corrected chi connectivity index (χ1v) is 4.58. The van der Waals surface area contributed by atoms with Crippen molar-refractivity contribution < 1.29 is 40.6 Å². The van der Waals surface area contributed by atoms with Gasteiger partial charge in [-0.2, -0.15) is 26.3 Å². The second kappa shape index (κ2) is 6.23. The predicted molar refractivity (Wildman–Crippen MR) is 46.5 cm³/mol. The molecule has 0 fully saturated rings. The van der Waals surface area contributed by atoms with Gasteiger partial charge in [0.05, 0.1) is 7.11 Å². The molecule has 0 amide bonds. The summed E-state index contributed by atoms with van der Waals surface area (Å²) in [7, 11) is 0.983. The van der Waals surface area contributed by atoms with Crippen LogP contribution in [0.4, 0.5) is 26.3 Å². The van der Waals surface area contributed by atoms with E-state index in [4.69, 9.17) is 5.73 Å². The van der Waals surface area contributed by atoms with Gasteiger partial charge in [0.1, 0.15) is 6.04 Å². The van der Waals surface area contributed by atoms with Crippen LogP contribution in [-0.2, 0) is 14.3 Å². The Morgan fingerprint density at radius 2 is 1.61 bits per heavy atom. The van der Waals surface area contributed by atoms with Crippen LogP contribution in [0.3, 0.4) is 0 Å². The topological polar surface area (TPSA) is 61.5 Å². The van der Waals surface area contributed by atoms with E-state index in [1.54, 1.807) is 0 Å². The summed E-state index contributed by atoms with van der Waals surface area (Å²) in [5.74, 6) is -0.950. The number of carbonyl (C=O) groups is 1. The summed E-state index contributed by atoms with van der Waals surface area (Å²) in [6, 6.07) is -1.34. The molecule has 0 bridgehead atoms. The van der Waals surface area contributed by atoms with E-state index in [-0.39, 0.29) is 0 Å². The second-order valence-electron chi connectivity index (χ2n) is 3.25. The van der Waals surface area contributed by atoms with Crippen LogP contribution in [0, 0.1) is 0 Å². The van der Waals surface area contributed by atoms with Crippen LogP contribution in [-0.4, -0.2) is 44.2 Å². The van der Waals surface area contributed by atoms with Crippen LogP contribution in [0.5, 0.6) is 0 Å². The highest BCUT2D eigenvalue weighted by molar-refractivity contribution is 5.75. The van der Waals surface area contributed by atoms with Gasteiger partial charge >= 0.3 is 18.3 Å². The lowest BCUT2D eigenvalue weighted by molar-refractivity contribution is -0.321. The molecular formula is C8H11F6NO3. The molecule has 2 N–H and O–H groups in total. The van der Waals surface area contributed by atoms with Crippen LogP contribution in [0.15, 0.2) is 0 Å². The summed E-state index contributed by atoms with van der Waals surface area (Å²) >= 11 is 0. The molecule has 1 atom stereocenters. The van der Waals surface area contributed by atoms with Gasteiger partial charge in [0.25, 0.3) is 0 Å². The number of hydrogen-bond acceptors (Lipinski definition) is 4. The number of rotatable bonds is 5. The molecule has 10 heteroatoms. The first-order chi connectivity index (χ1) is 8.00. The number of ether oxygens (including phenoxy) is 2. The quantitative estimate of drug-likeness (QED) is 0.612. The molecule has 4 nitrogen and oxygen atoms in total. The lowest BCUT2D eigenvalue weighted by Gasteiger charge is -2.23. The lowest BCUT2D eigenvalue weighted by atomic mass is 10.2. The van der Waals surface area contributed by atoms with Crippen molar-refractivity contribution in [3.63, 3.8) is 0 Å². The molecule has 0 aliphatic heterocycles. The fourth-order valence-electron chi connectivity index (χ4n) is 0.957. The Morgan fingerprint density at radius 1 is 1.17 bits per heavy atom. The van der Waals surface area contributed by atoms with E-state index in [1.807, 2.05) is 0 Å². The zero-order valence-electron chi connectivity index (χ0n) is 9.14. The average molecular weight is 283 g/mol. The number of carbonyl (C=O) groups excluding carboxylic acids is 1. The Morgan fingerprint density at radius 3 is 1.94 bits per heavy atom. The summed E-state index contributed by atoms with van der Waals surface area (Å²) in [4.78, 5) is 10.7. The maximum Gasteiger partial charge on any atom is 0.423 e. The minimum atomic E-state index is -5.58. The summed E-state index contributed by atoms with van der Waals surface area (Å²) in [5, 5.41) is 0. The lowest BCUT2D eigenvalue weighted by Crippen LogP contribution is -2.45. The van der Waals surface area contributed by atoms with Crippen molar-refractivity contribution in [1.82, 2.24) is 0 Å². The summed E-state index contributed by atoms with van der Waals surface area (Å²) in [6.07, 6.45) is -15.6. The van der Waals surface area contributed by atoms with E-state index < -0.39 is 43.5 Å². The van der Waals surface area contributed by atoms with Gasteiger partial charge in [0.2, 0.25) is 6.10 Å². The molecule has 108 valence electrons. The Labute approximate surface area is 98.0 Å². The number of hydrogen-bond donors (Lipinski definition) is 1. The summed E-state index contributed by atoms with van der Waals surface area (Å²) in [5.41, 5.74) is 5.12. The van der Waals surface area contributed by atoms with Crippen LogP contribution < -0.4 is 5.73 Å². The fourth-order valence-corrected chi connectivity index (χ4v) is 0.957. The molecule has 0 aliphatic carbocycles. The molecule has 18 heavy (non-hydrogen) atoms. The molecular weight excluding hydrogens is 272 g/mol.